The molecule has 0 atom stereocenters. The Kier molecular flexibility index (Phi) is 5.69. The first kappa shape index (κ1) is 18.6. The van der Waals surface area contributed by atoms with Crippen LogP contribution in [0.15, 0.2) is 12.1 Å². The van der Waals surface area contributed by atoms with Crippen LogP contribution in [-0.2, 0) is 26.1 Å². The van der Waals surface area contributed by atoms with E-state index in [1.807, 2.05) is 0 Å². The summed E-state index contributed by atoms with van der Waals surface area (Å²) in [4.78, 5) is 11.4. The lowest BCUT2D eigenvalue weighted by Crippen LogP contribution is -2.28. The second-order valence-electron chi connectivity index (χ2n) is 4.17. The van der Waals surface area contributed by atoms with Crippen LogP contribution in [-0.4, -0.2) is 26.5 Å². The summed E-state index contributed by atoms with van der Waals surface area (Å²) in [5.41, 5.74) is -4.83. The van der Waals surface area contributed by atoms with Crippen molar-refractivity contribution in [2.24, 2.45) is 0 Å². The summed E-state index contributed by atoms with van der Waals surface area (Å²) in [6.07, 6.45) is -0.147. The Bertz CT molecular complexity index is 670. The molecule has 0 radical (unpaired) electrons. The van der Waals surface area contributed by atoms with Crippen molar-refractivity contribution in [1.29, 1.82) is 0 Å². The summed E-state index contributed by atoms with van der Waals surface area (Å²) in [6, 6.07) is 2.18. The van der Waals surface area contributed by atoms with Crippen molar-refractivity contribution in [3.63, 3.8) is 0 Å². The average molecular weight is 361 g/mol. The van der Waals surface area contributed by atoms with E-state index in [0.717, 1.165) is 12.1 Å². The SMILES string of the molecule is CCOC(=O)Cc1cc(Cl)c(OS(=O)(=O)C(F)(F)F)cc1C. The Morgan fingerprint density at radius 2 is 1.91 bits per heavy atom. The molecule has 10 heteroatoms. The molecule has 0 saturated carbocycles. The van der Waals surface area contributed by atoms with Gasteiger partial charge in [-0.15, -0.1) is 0 Å². The van der Waals surface area contributed by atoms with Crippen molar-refractivity contribution >= 4 is 27.7 Å². The lowest BCUT2D eigenvalue weighted by molar-refractivity contribution is -0.142. The van der Waals surface area contributed by atoms with Gasteiger partial charge in [-0.1, -0.05) is 11.6 Å². The summed E-state index contributed by atoms with van der Waals surface area (Å²) in [7, 11) is -5.81. The fraction of sp³-hybridized carbons (Fsp3) is 0.417. The molecular formula is C12H12ClF3O5S. The predicted molar refractivity (Wildman–Crippen MR) is 72.1 cm³/mol. The van der Waals surface area contributed by atoms with Crippen LogP contribution >= 0.6 is 11.6 Å². The van der Waals surface area contributed by atoms with Crippen LogP contribution in [0, 0.1) is 6.92 Å². The largest absolute Gasteiger partial charge is 0.534 e. The Labute approximate surface area is 130 Å². The molecule has 0 aliphatic heterocycles. The zero-order chi connectivity index (χ0) is 17.1. The van der Waals surface area contributed by atoms with Crippen LogP contribution < -0.4 is 4.18 Å². The summed E-state index contributed by atoms with van der Waals surface area (Å²) in [5, 5.41) is -0.363. The number of benzene rings is 1. The highest BCUT2D eigenvalue weighted by molar-refractivity contribution is 7.88. The molecule has 1 rings (SSSR count). The molecular weight excluding hydrogens is 349 g/mol. The second kappa shape index (κ2) is 6.74. The zero-order valence-corrected chi connectivity index (χ0v) is 13.1. The maximum atomic E-state index is 12.3. The standard InChI is InChI=1S/C12H12ClF3O5S/c1-3-20-11(17)6-8-5-9(13)10(4-7(8)2)21-22(18,19)12(14,15)16/h4-5H,3,6H2,1-2H3. The molecule has 0 aliphatic carbocycles. The van der Waals surface area contributed by atoms with Crippen LogP contribution in [0.4, 0.5) is 13.2 Å². The Hall–Kier alpha value is -1.48. The van der Waals surface area contributed by atoms with Crippen LogP contribution in [0.25, 0.3) is 0 Å². The normalized spacial score (nSPS) is 12.1. The summed E-state index contributed by atoms with van der Waals surface area (Å²) in [5.74, 6) is -1.21. The molecule has 0 amide bonds. The van der Waals surface area contributed by atoms with Gasteiger partial charge >= 0.3 is 21.6 Å². The third-order valence-electron chi connectivity index (χ3n) is 2.51. The molecule has 0 aliphatic rings. The number of hydrogen-bond acceptors (Lipinski definition) is 5. The molecule has 1 aromatic rings. The van der Waals surface area contributed by atoms with Gasteiger partial charge in [0.25, 0.3) is 0 Å². The number of carbonyl (C=O) groups excluding carboxylic acids is 1. The third-order valence-corrected chi connectivity index (χ3v) is 3.77. The van der Waals surface area contributed by atoms with Crippen LogP contribution in [0.1, 0.15) is 18.1 Å². The van der Waals surface area contributed by atoms with E-state index in [9.17, 15) is 26.4 Å². The molecule has 0 heterocycles. The number of hydrogen-bond donors (Lipinski definition) is 0. The van der Waals surface area contributed by atoms with E-state index >= 15 is 0 Å². The van der Waals surface area contributed by atoms with Gasteiger partial charge in [0.15, 0.2) is 5.75 Å². The van der Waals surface area contributed by atoms with E-state index < -0.39 is 27.3 Å². The molecule has 5 nitrogen and oxygen atoms in total. The van der Waals surface area contributed by atoms with Gasteiger partial charge in [-0.3, -0.25) is 4.79 Å². The highest BCUT2D eigenvalue weighted by atomic mass is 35.5. The van der Waals surface area contributed by atoms with Gasteiger partial charge in [-0.05, 0) is 37.1 Å². The number of aryl methyl sites for hydroxylation is 1. The predicted octanol–water partition coefficient (Wildman–Crippen LogP) is 2.98. The lowest BCUT2D eigenvalue weighted by atomic mass is 10.1. The van der Waals surface area contributed by atoms with Crippen molar-refractivity contribution in [2.45, 2.75) is 25.8 Å². The molecule has 0 spiro atoms. The van der Waals surface area contributed by atoms with Crippen molar-refractivity contribution in [3.8, 4) is 5.75 Å². The van der Waals surface area contributed by atoms with Gasteiger partial charge in [0.2, 0.25) is 0 Å². The van der Waals surface area contributed by atoms with Crippen molar-refractivity contribution in [2.75, 3.05) is 6.61 Å². The summed E-state index contributed by atoms with van der Waals surface area (Å²) in [6.45, 7) is 3.27. The van der Waals surface area contributed by atoms with Crippen molar-refractivity contribution < 1.29 is 35.3 Å². The molecule has 0 unspecified atom stereocenters. The zero-order valence-electron chi connectivity index (χ0n) is 11.5. The second-order valence-corrected chi connectivity index (χ2v) is 6.12. The topological polar surface area (TPSA) is 69.7 Å². The van der Waals surface area contributed by atoms with Gasteiger partial charge in [-0.25, -0.2) is 0 Å². The number of halogens is 4. The number of esters is 1. The first-order valence-electron chi connectivity index (χ1n) is 5.93. The summed E-state index contributed by atoms with van der Waals surface area (Å²) < 4.78 is 67.4. The third kappa shape index (κ3) is 4.51. The number of alkyl halides is 3. The minimum absolute atomic E-state index is 0.147. The maximum absolute atomic E-state index is 12.3. The van der Waals surface area contributed by atoms with Gasteiger partial charge in [0.05, 0.1) is 18.1 Å². The van der Waals surface area contributed by atoms with Gasteiger partial charge < -0.3 is 8.92 Å². The fourth-order valence-corrected chi connectivity index (χ4v) is 2.22. The first-order chi connectivity index (χ1) is 9.98. The fourth-order valence-electron chi connectivity index (χ4n) is 1.48. The van der Waals surface area contributed by atoms with Crippen LogP contribution in [0.2, 0.25) is 5.02 Å². The van der Waals surface area contributed by atoms with E-state index in [-0.39, 0.29) is 18.1 Å². The molecule has 1 aromatic carbocycles. The molecule has 0 bridgehead atoms. The Morgan fingerprint density at radius 1 is 1.32 bits per heavy atom. The minimum Gasteiger partial charge on any atom is -0.466 e. The quantitative estimate of drug-likeness (QED) is 0.458. The van der Waals surface area contributed by atoms with Crippen molar-refractivity contribution in [3.05, 3.63) is 28.3 Å². The lowest BCUT2D eigenvalue weighted by Gasteiger charge is -2.13. The number of rotatable bonds is 5. The smallest absolute Gasteiger partial charge is 0.466 e. The highest BCUT2D eigenvalue weighted by Crippen LogP contribution is 2.33. The van der Waals surface area contributed by atoms with Gasteiger partial charge in [0, 0.05) is 0 Å². The first-order valence-corrected chi connectivity index (χ1v) is 7.72. The molecule has 22 heavy (non-hydrogen) atoms. The minimum atomic E-state index is -5.81. The average Bonchev–Trinajstić information content (AvgIpc) is 2.34. The van der Waals surface area contributed by atoms with E-state index in [0.29, 0.717) is 11.1 Å². The molecule has 0 aromatic heterocycles. The van der Waals surface area contributed by atoms with E-state index in [2.05, 4.69) is 4.18 Å². The highest BCUT2D eigenvalue weighted by Gasteiger charge is 2.48. The number of ether oxygens (including phenoxy) is 1. The molecule has 0 N–H and O–H groups in total. The van der Waals surface area contributed by atoms with E-state index in [4.69, 9.17) is 16.3 Å². The van der Waals surface area contributed by atoms with Crippen LogP contribution in [0.5, 0.6) is 5.75 Å². The Morgan fingerprint density at radius 3 is 2.41 bits per heavy atom. The van der Waals surface area contributed by atoms with Gasteiger partial charge in [0.1, 0.15) is 0 Å². The van der Waals surface area contributed by atoms with Crippen molar-refractivity contribution in [1.82, 2.24) is 0 Å². The summed E-state index contributed by atoms with van der Waals surface area (Å²) >= 11 is 5.71. The molecule has 0 fully saturated rings. The van der Waals surface area contributed by atoms with E-state index in [1.165, 1.54) is 6.92 Å². The Balaban J connectivity index is 3.07. The molecule has 124 valence electrons. The van der Waals surface area contributed by atoms with E-state index in [1.54, 1.807) is 6.92 Å². The maximum Gasteiger partial charge on any atom is 0.534 e. The van der Waals surface area contributed by atoms with Crippen LogP contribution in [0.3, 0.4) is 0 Å². The number of carbonyl (C=O) groups is 1. The van der Waals surface area contributed by atoms with Gasteiger partial charge in [-0.2, -0.15) is 21.6 Å². The molecule has 0 saturated heterocycles. The monoisotopic (exact) mass is 360 g/mol.